The van der Waals surface area contributed by atoms with E-state index in [-0.39, 0.29) is 0 Å². The molecule has 1 aliphatic carbocycles. The van der Waals surface area contributed by atoms with Crippen LogP contribution in [-0.4, -0.2) is 11.8 Å². The Morgan fingerprint density at radius 2 is 2.20 bits per heavy atom. The first-order valence-electron chi connectivity index (χ1n) is 5.77. The van der Waals surface area contributed by atoms with Crippen LogP contribution in [0, 0.1) is 0 Å². The number of rotatable bonds is 7. The van der Waals surface area contributed by atoms with E-state index in [4.69, 9.17) is 4.42 Å². The van der Waals surface area contributed by atoms with Gasteiger partial charge in [0.15, 0.2) is 0 Å². The summed E-state index contributed by atoms with van der Waals surface area (Å²) in [5.74, 6) is 4.42. The molecule has 1 fully saturated rings. The molecular formula is C12H19NOS. The highest BCUT2D eigenvalue weighted by Crippen LogP contribution is 2.20. The van der Waals surface area contributed by atoms with Crippen LogP contribution in [0.3, 0.4) is 0 Å². The van der Waals surface area contributed by atoms with Crippen molar-refractivity contribution in [2.24, 2.45) is 0 Å². The summed E-state index contributed by atoms with van der Waals surface area (Å²) in [5, 5.41) is 3.45. The number of hydrogen-bond donors (Lipinski definition) is 1. The Kier molecular flexibility index (Phi) is 4.15. The summed E-state index contributed by atoms with van der Waals surface area (Å²) in [7, 11) is 0. The fourth-order valence-electron chi connectivity index (χ4n) is 1.44. The summed E-state index contributed by atoms with van der Waals surface area (Å²) >= 11 is 1.94. The van der Waals surface area contributed by atoms with Crippen LogP contribution in [0.5, 0.6) is 0 Å². The van der Waals surface area contributed by atoms with Crippen molar-refractivity contribution in [2.45, 2.75) is 44.5 Å². The van der Waals surface area contributed by atoms with Crippen molar-refractivity contribution in [3.8, 4) is 0 Å². The molecule has 0 spiro atoms. The fraction of sp³-hybridized carbons (Fsp3) is 0.667. The highest BCUT2D eigenvalue weighted by Gasteiger charge is 2.20. The van der Waals surface area contributed by atoms with Crippen molar-refractivity contribution < 1.29 is 4.42 Å². The summed E-state index contributed by atoms with van der Waals surface area (Å²) in [6.07, 6.45) is 3.90. The molecular weight excluding hydrogens is 206 g/mol. The SMILES string of the molecule is CCCSCc1ccc(CNC2CC2)o1. The molecule has 1 heterocycles. The van der Waals surface area contributed by atoms with Gasteiger partial charge in [-0.3, -0.25) is 0 Å². The predicted molar refractivity (Wildman–Crippen MR) is 65.0 cm³/mol. The third-order valence-corrected chi connectivity index (χ3v) is 3.64. The van der Waals surface area contributed by atoms with Crippen LogP contribution in [0.25, 0.3) is 0 Å². The Labute approximate surface area is 95.8 Å². The zero-order valence-electron chi connectivity index (χ0n) is 9.29. The Hall–Kier alpha value is -0.410. The minimum absolute atomic E-state index is 0.757. The van der Waals surface area contributed by atoms with Gasteiger partial charge in [-0.25, -0.2) is 0 Å². The van der Waals surface area contributed by atoms with Gasteiger partial charge in [0, 0.05) is 6.04 Å². The molecule has 0 amide bonds. The van der Waals surface area contributed by atoms with Gasteiger partial charge in [0.25, 0.3) is 0 Å². The van der Waals surface area contributed by atoms with Gasteiger partial charge in [-0.1, -0.05) is 6.92 Å². The summed E-state index contributed by atoms with van der Waals surface area (Å²) in [6, 6.07) is 4.96. The van der Waals surface area contributed by atoms with Gasteiger partial charge in [-0.15, -0.1) is 0 Å². The molecule has 3 heteroatoms. The highest BCUT2D eigenvalue weighted by atomic mass is 32.2. The summed E-state index contributed by atoms with van der Waals surface area (Å²) in [6.45, 7) is 3.10. The standard InChI is InChI=1S/C12H19NOS/c1-2-7-15-9-12-6-5-11(14-12)8-13-10-3-4-10/h5-6,10,13H,2-4,7-9H2,1H3. The summed E-state index contributed by atoms with van der Waals surface area (Å²) in [4.78, 5) is 0. The molecule has 0 unspecified atom stereocenters. The molecule has 84 valence electrons. The lowest BCUT2D eigenvalue weighted by molar-refractivity contribution is 0.458. The van der Waals surface area contributed by atoms with E-state index in [0.717, 1.165) is 29.9 Å². The van der Waals surface area contributed by atoms with Crippen LogP contribution in [0.1, 0.15) is 37.7 Å². The molecule has 0 aliphatic heterocycles. The van der Waals surface area contributed by atoms with Crippen LogP contribution in [0.15, 0.2) is 16.5 Å². The zero-order chi connectivity index (χ0) is 10.5. The normalized spacial score (nSPS) is 15.8. The van der Waals surface area contributed by atoms with E-state index in [1.165, 1.54) is 25.0 Å². The molecule has 15 heavy (non-hydrogen) atoms. The molecule has 1 aromatic rings. The van der Waals surface area contributed by atoms with Crippen molar-refractivity contribution in [3.63, 3.8) is 0 Å². The van der Waals surface area contributed by atoms with Gasteiger partial charge >= 0.3 is 0 Å². The maximum absolute atomic E-state index is 5.73. The van der Waals surface area contributed by atoms with Crippen LogP contribution >= 0.6 is 11.8 Å². The number of hydrogen-bond acceptors (Lipinski definition) is 3. The third kappa shape index (κ3) is 3.92. The highest BCUT2D eigenvalue weighted by molar-refractivity contribution is 7.98. The molecule has 0 aromatic carbocycles. The average molecular weight is 225 g/mol. The van der Waals surface area contributed by atoms with Crippen molar-refractivity contribution in [1.29, 1.82) is 0 Å². The Morgan fingerprint density at radius 3 is 2.93 bits per heavy atom. The molecule has 1 N–H and O–H groups in total. The quantitative estimate of drug-likeness (QED) is 0.722. The monoisotopic (exact) mass is 225 g/mol. The van der Waals surface area contributed by atoms with Gasteiger partial charge in [0.05, 0.1) is 12.3 Å². The number of furan rings is 1. The Bertz CT molecular complexity index is 294. The van der Waals surface area contributed by atoms with Crippen molar-refractivity contribution in [1.82, 2.24) is 5.32 Å². The van der Waals surface area contributed by atoms with Gasteiger partial charge < -0.3 is 9.73 Å². The molecule has 0 atom stereocenters. The van der Waals surface area contributed by atoms with E-state index in [2.05, 4.69) is 24.4 Å². The van der Waals surface area contributed by atoms with Gasteiger partial charge in [0.2, 0.25) is 0 Å². The van der Waals surface area contributed by atoms with Crippen molar-refractivity contribution in [2.75, 3.05) is 5.75 Å². The van der Waals surface area contributed by atoms with E-state index < -0.39 is 0 Å². The molecule has 1 aromatic heterocycles. The molecule has 0 radical (unpaired) electrons. The molecule has 1 saturated carbocycles. The lowest BCUT2D eigenvalue weighted by atomic mass is 10.4. The number of nitrogens with one attached hydrogen (secondary N) is 1. The Balaban J connectivity index is 1.70. The van der Waals surface area contributed by atoms with Crippen molar-refractivity contribution >= 4 is 11.8 Å². The minimum Gasteiger partial charge on any atom is -0.464 e. The first-order chi connectivity index (χ1) is 7.38. The average Bonchev–Trinajstić information content (AvgIpc) is 2.97. The summed E-state index contributed by atoms with van der Waals surface area (Å²) in [5.41, 5.74) is 0. The maximum atomic E-state index is 5.73. The molecule has 0 bridgehead atoms. The van der Waals surface area contributed by atoms with Crippen LogP contribution < -0.4 is 5.32 Å². The molecule has 2 rings (SSSR count). The summed E-state index contributed by atoms with van der Waals surface area (Å²) < 4.78 is 5.73. The fourth-order valence-corrected chi connectivity index (χ4v) is 2.23. The zero-order valence-corrected chi connectivity index (χ0v) is 10.1. The lowest BCUT2D eigenvalue weighted by Crippen LogP contribution is -2.14. The molecule has 1 aliphatic rings. The van der Waals surface area contributed by atoms with Crippen molar-refractivity contribution in [3.05, 3.63) is 23.7 Å². The predicted octanol–water partition coefficient (Wildman–Crippen LogP) is 3.17. The van der Waals surface area contributed by atoms with E-state index in [0.29, 0.717) is 0 Å². The smallest absolute Gasteiger partial charge is 0.118 e. The van der Waals surface area contributed by atoms with Gasteiger partial charge in [-0.05, 0) is 37.1 Å². The van der Waals surface area contributed by atoms with E-state index in [9.17, 15) is 0 Å². The second kappa shape index (κ2) is 5.61. The first kappa shape index (κ1) is 11.1. The van der Waals surface area contributed by atoms with Crippen LogP contribution in [0.4, 0.5) is 0 Å². The van der Waals surface area contributed by atoms with Crippen LogP contribution in [0.2, 0.25) is 0 Å². The second-order valence-electron chi connectivity index (χ2n) is 4.08. The van der Waals surface area contributed by atoms with Gasteiger partial charge in [0.1, 0.15) is 11.5 Å². The minimum atomic E-state index is 0.757. The Morgan fingerprint density at radius 1 is 1.40 bits per heavy atom. The molecule has 0 saturated heterocycles. The second-order valence-corrected chi connectivity index (χ2v) is 5.18. The van der Waals surface area contributed by atoms with E-state index in [1.54, 1.807) is 0 Å². The van der Waals surface area contributed by atoms with E-state index >= 15 is 0 Å². The van der Waals surface area contributed by atoms with Crippen LogP contribution in [-0.2, 0) is 12.3 Å². The third-order valence-electron chi connectivity index (χ3n) is 2.45. The maximum Gasteiger partial charge on any atom is 0.118 e. The molecule has 2 nitrogen and oxygen atoms in total. The van der Waals surface area contributed by atoms with E-state index in [1.807, 2.05) is 11.8 Å². The number of thioether (sulfide) groups is 1. The largest absolute Gasteiger partial charge is 0.464 e. The topological polar surface area (TPSA) is 25.2 Å². The first-order valence-corrected chi connectivity index (χ1v) is 6.92. The lowest BCUT2D eigenvalue weighted by Gasteiger charge is -1.99. The van der Waals surface area contributed by atoms with Gasteiger partial charge in [-0.2, -0.15) is 11.8 Å².